The number of carbonyl (C=O) groups is 1. The highest BCUT2D eigenvalue weighted by molar-refractivity contribution is 7.91. The fourth-order valence-corrected chi connectivity index (χ4v) is 3.44. The Labute approximate surface area is 101 Å². The maximum Gasteiger partial charge on any atom is 0.307 e. The predicted molar refractivity (Wildman–Crippen MR) is 64.8 cm³/mol. The van der Waals surface area contributed by atoms with E-state index in [-0.39, 0.29) is 10.6 Å². The number of carboxylic acid groups (broad SMARTS) is 1. The SMILES string of the molecule is Cc1ccc(C)c(S(=O)(=O)CC(C)C(=O)O)c1. The summed E-state index contributed by atoms with van der Waals surface area (Å²) in [6.45, 7) is 4.90. The third kappa shape index (κ3) is 3.30. The molecule has 1 aromatic rings. The lowest BCUT2D eigenvalue weighted by Gasteiger charge is -2.10. The monoisotopic (exact) mass is 256 g/mol. The van der Waals surface area contributed by atoms with E-state index < -0.39 is 21.7 Å². The lowest BCUT2D eigenvalue weighted by molar-refractivity contribution is -0.140. The molecular formula is C12H16O4S. The van der Waals surface area contributed by atoms with E-state index in [1.165, 1.54) is 6.92 Å². The molecule has 17 heavy (non-hydrogen) atoms. The molecule has 1 atom stereocenters. The standard InChI is InChI=1S/C12H16O4S/c1-8-4-5-9(2)11(6-8)17(15,16)7-10(3)12(13)14/h4-6,10H,7H2,1-3H3,(H,13,14). The van der Waals surface area contributed by atoms with Crippen LogP contribution in [-0.4, -0.2) is 25.2 Å². The van der Waals surface area contributed by atoms with Gasteiger partial charge in [0, 0.05) is 0 Å². The molecule has 4 nitrogen and oxygen atoms in total. The zero-order valence-electron chi connectivity index (χ0n) is 10.1. The average molecular weight is 256 g/mol. The molecular weight excluding hydrogens is 240 g/mol. The van der Waals surface area contributed by atoms with Gasteiger partial charge in [-0.3, -0.25) is 4.79 Å². The Kier molecular flexibility index (Phi) is 3.93. The van der Waals surface area contributed by atoms with Crippen LogP contribution in [0.5, 0.6) is 0 Å². The summed E-state index contributed by atoms with van der Waals surface area (Å²) in [5.74, 6) is -2.37. The van der Waals surface area contributed by atoms with Crippen molar-refractivity contribution in [3.8, 4) is 0 Å². The van der Waals surface area contributed by atoms with Crippen LogP contribution < -0.4 is 0 Å². The van der Waals surface area contributed by atoms with Gasteiger partial charge in [-0.2, -0.15) is 0 Å². The fraction of sp³-hybridized carbons (Fsp3) is 0.417. The molecule has 0 amide bonds. The summed E-state index contributed by atoms with van der Waals surface area (Å²) in [6.07, 6.45) is 0. The summed E-state index contributed by atoms with van der Waals surface area (Å²) < 4.78 is 24.1. The van der Waals surface area contributed by atoms with Crippen molar-refractivity contribution in [3.05, 3.63) is 29.3 Å². The normalized spacial score (nSPS) is 13.4. The molecule has 0 saturated carbocycles. The maximum atomic E-state index is 12.1. The van der Waals surface area contributed by atoms with Crippen molar-refractivity contribution < 1.29 is 18.3 Å². The van der Waals surface area contributed by atoms with Crippen LogP contribution >= 0.6 is 0 Å². The average Bonchev–Trinajstić information content (AvgIpc) is 2.20. The summed E-state index contributed by atoms with van der Waals surface area (Å²) in [6, 6.07) is 5.14. The van der Waals surface area contributed by atoms with Gasteiger partial charge in [0.1, 0.15) is 0 Å². The van der Waals surface area contributed by atoms with Crippen LogP contribution in [0.3, 0.4) is 0 Å². The van der Waals surface area contributed by atoms with Crippen molar-refractivity contribution >= 4 is 15.8 Å². The van der Waals surface area contributed by atoms with Crippen molar-refractivity contribution in [3.63, 3.8) is 0 Å². The molecule has 0 bridgehead atoms. The minimum atomic E-state index is -3.54. The minimum Gasteiger partial charge on any atom is -0.481 e. The lowest BCUT2D eigenvalue weighted by Crippen LogP contribution is -2.21. The zero-order valence-corrected chi connectivity index (χ0v) is 10.9. The van der Waals surface area contributed by atoms with E-state index in [9.17, 15) is 13.2 Å². The number of hydrogen-bond acceptors (Lipinski definition) is 3. The van der Waals surface area contributed by atoms with E-state index in [1.54, 1.807) is 26.0 Å². The summed E-state index contributed by atoms with van der Waals surface area (Å²) in [5.41, 5.74) is 1.49. The van der Waals surface area contributed by atoms with Crippen molar-refractivity contribution in [2.75, 3.05) is 5.75 Å². The van der Waals surface area contributed by atoms with Crippen LogP contribution in [0.1, 0.15) is 18.1 Å². The first-order valence-corrected chi connectivity index (χ1v) is 6.92. The number of aliphatic carboxylic acids is 1. The molecule has 1 N–H and O–H groups in total. The highest BCUT2D eigenvalue weighted by Gasteiger charge is 2.24. The second-order valence-electron chi connectivity index (χ2n) is 4.29. The molecule has 0 fully saturated rings. The number of carboxylic acids is 1. The molecule has 0 radical (unpaired) electrons. The van der Waals surface area contributed by atoms with Crippen molar-refractivity contribution in [2.24, 2.45) is 5.92 Å². The van der Waals surface area contributed by atoms with E-state index in [2.05, 4.69) is 0 Å². The van der Waals surface area contributed by atoms with Gasteiger partial charge in [0.2, 0.25) is 0 Å². The van der Waals surface area contributed by atoms with Crippen LogP contribution in [0.4, 0.5) is 0 Å². The molecule has 0 aliphatic rings. The molecule has 0 aliphatic carbocycles. The van der Waals surface area contributed by atoms with Crippen LogP contribution in [0.2, 0.25) is 0 Å². The van der Waals surface area contributed by atoms with Crippen molar-refractivity contribution in [2.45, 2.75) is 25.7 Å². The fourth-order valence-electron chi connectivity index (χ4n) is 1.53. The molecule has 0 saturated heterocycles. The van der Waals surface area contributed by atoms with Crippen molar-refractivity contribution in [1.29, 1.82) is 0 Å². The van der Waals surface area contributed by atoms with E-state index in [1.807, 2.05) is 6.07 Å². The molecule has 94 valence electrons. The van der Waals surface area contributed by atoms with Gasteiger partial charge in [0.15, 0.2) is 9.84 Å². The smallest absolute Gasteiger partial charge is 0.307 e. The van der Waals surface area contributed by atoms with Gasteiger partial charge in [-0.05, 0) is 31.0 Å². The Balaban J connectivity index is 3.13. The summed E-state index contributed by atoms with van der Waals surface area (Å²) in [5, 5.41) is 8.75. The summed E-state index contributed by atoms with van der Waals surface area (Å²) in [4.78, 5) is 10.9. The van der Waals surface area contributed by atoms with Gasteiger partial charge in [0.25, 0.3) is 0 Å². The van der Waals surface area contributed by atoms with Gasteiger partial charge >= 0.3 is 5.97 Å². The van der Waals surface area contributed by atoms with Crippen LogP contribution in [0.15, 0.2) is 23.1 Å². The van der Waals surface area contributed by atoms with E-state index >= 15 is 0 Å². The van der Waals surface area contributed by atoms with Crippen molar-refractivity contribution in [1.82, 2.24) is 0 Å². The molecule has 0 heterocycles. The Morgan fingerprint density at radius 2 is 1.94 bits per heavy atom. The largest absolute Gasteiger partial charge is 0.481 e. The second-order valence-corrected chi connectivity index (χ2v) is 6.29. The van der Waals surface area contributed by atoms with Crippen LogP contribution in [-0.2, 0) is 14.6 Å². The summed E-state index contributed by atoms with van der Waals surface area (Å²) in [7, 11) is -3.54. The lowest BCUT2D eigenvalue weighted by atomic mass is 10.2. The number of hydrogen-bond donors (Lipinski definition) is 1. The molecule has 1 aromatic carbocycles. The quantitative estimate of drug-likeness (QED) is 0.891. The van der Waals surface area contributed by atoms with E-state index in [0.717, 1.165) is 5.56 Å². The van der Waals surface area contributed by atoms with Gasteiger partial charge in [-0.25, -0.2) is 8.42 Å². The Morgan fingerprint density at radius 3 is 2.47 bits per heavy atom. The second kappa shape index (κ2) is 4.87. The van der Waals surface area contributed by atoms with Gasteiger partial charge in [0.05, 0.1) is 16.6 Å². The van der Waals surface area contributed by atoms with Crippen LogP contribution in [0.25, 0.3) is 0 Å². The maximum absolute atomic E-state index is 12.1. The van der Waals surface area contributed by atoms with E-state index in [4.69, 9.17) is 5.11 Å². The molecule has 5 heteroatoms. The highest BCUT2D eigenvalue weighted by atomic mass is 32.2. The number of rotatable bonds is 4. The third-order valence-electron chi connectivity index (χ3n) is 2.57. The topological polar surface area (TPSA) is 71.4 Å². The number of aryl methyl sites for hydroxylation is 2. The Bertz CT molecular complexity index is 531. The minimum absolute atomic E-state index is 0.227. The molecule has 0 aromatic heterocycles. The number of benzene rings is 1. The molecule has 0 aliphatic heterocycles. The number of sulfone groups is 1. The molecule has 0 spiro atoms. The highest BCUT2D eigenvalue weighted by Crippen LogP contribution is 2.20. The van der Waals surface area contributed by atoms with Gasteiger partial charge < -0.3 is 5.11 Å². The van der Waals surface area contributed by atoms with Crippen LogP contribution in [0, 0.1) is 19.8 Å². The molecule has 1 unspecified atom stereocenters. The zero-order chi connectivity index (χ0) is 13.2. The van der Waals surface area contributed by atoms with Gasteiger partial charge in [-0.15, -0.1) is 0 Å². The first-order chi connectivity index (χ1) is 7.74. The van der Waals surface area contributed by atoms with Gasteiger partial charge in [-0.1, -0.05) is 19.1 Å². The summed E-state index contributed by atoms with van der Waals surface area (Å²) >= 11 is 0. The molecule has 1 rings (SSSR count). The Hall–Kier alpha value is -1.36. The third-order valence-corrected chi connectivity index (χ3v) is 4.62. The van der Waals surface area contributed by atoms with E-state index in [0.29, 0.717) is 5.56 Å². The first-order valence-electron chi connectivity index (χ1n) is 5.27. The first kappa shape index (κ1) is 13.7. The Morgan fingerprint density at radius 1 is 1.35 bits per heavy atom. The predicted octanol–water partition coefficient (Wildman–Crippen LogP) is 1.80.